The Morgan fingerprint density at radius 2 is 1.92 bits per heavy atom. The minimum absolute atomic E-state index is 0.121. The Bertz CT molecular complexity index is 891. The second-order valence-corrected chi connectivity index (χ2v) is 8.78. The van der Waals surface area contributed by atoms with E-state index in [2.05, 4.69) is 15.5 Å². The summed E-state index contributed by atoms with van der Waals surface area (Å²) in [7, 11) is 0. The number of primary amides is 1. The molecule has 0 unspecified atom stereocenters. The summed E-state index contributed by atoms with van der Waals surface area (Å²) in [5, 5.41) is 11.9. The van der Waals surface area contributed by atoms with Gasteiger partial charge in [0, 0.05) is 5.39 Å². The molecule has 10 heteroatoms. The molecule has 7 nitrogen and oxygen atoms in total. The average Bonchev–Trinajstić information content (AvgIpc) is 3.24. The average molecular weight is 409 g/mol. The molecule has 0 aliphatic carbocycles. The molecule has 0 radical (unpaired) electrons. The lowest BCUT2D eigenvalue weighted by molar-refractivity contribution is -0.119. The van der Waals surface area contributed by atoms with Crippen LogP contribution in [0.4, 0.5) is 0 Å². The first-order valence-electron chi connectivity index (χ1n) is 7.66. The highest BCUT2D eigenvalue weighted by molar-refractivity contribution is 8.03. The number of nitrogens with zero attached hydrogens (tertiary/aromatic N) is 2. The first kappa shape index (κ1) is 18.7. The lowest BCUT2D eigenvalue weighted by atomic mass is 10.2. The molecule has 0 bridgehead atoms. The maximum absolute atomic E-state index is 12.2. The molecule has 0 saturated carbocycles. The molecule has 0 saturated heterocycles. The van der Waals surface area contributed by atoms with E-state index in [1.54, 1.807) is 0 Å². The Morgan fingerprint density at radius 1 is 1.23 bits per heavy atom. The number of rotatable bonds is 8. The predicted octanol–water partition coefficient (Wildman–Crippen LogP) is 2.83. The molecule has 0 fully saturated rings. The van der Waals surface area contributed by atoms with E-state index in [9.17, 15) is 9.59 Å². The Kier molecular flexibility index (Phi) is 6.17. The highest BCUT2D eigenvalue weighted by Gasteiger charge is 2.15. The molecule has 2 aromatic heterocycles. The van der Waals surface area contributed by atoms with Crippen LogP contribution in [-0.2, 0) is 9.59 Å². The Balaban J connectivity index is 1.50. The van der Waals surface area contributed by atoms with Crippen LogP contribution in [0.2, 0.25) is 0 Å². The van der Waals surface area contributed by atoms with E-state index in [4.69, 9.17) is 10.2 Å². The fraction of sp³-hybridized carbons (Fsp3) is 0.250. The fourth-order valence-electron chi connectivity index (χ4n) is 2.14. The molecule has 1 aromatic carbocycles. The SMILES string of the molecule is C[C@H](NC(=O)CSc1nnc(SCC(N)=O)s1)c1cc2ccccc2o1. The van der Waals surface area contributed by atoms with Crippen molar-refractivity contribution < 1.29 is 14.0 Å². The summed E-state index contributed by atoms with van der Waals surface area (Å²) in [5.74, 6) is 0.572. The summed E-state index contributed by atoms with van der Waals surface area (Å²) in [5.41, 5.74) is 5.89. The van der Waals surface area contributed by atoms with E-state index in [0.29, 0.717) is 14.4 Å². The zero-order valence-electron chi connectivity index (χ0n) is 13.8. The van der Waals surface area contributed by atoms with Crippen molar-refractivity contribution in [2.45, 2.75) is 21.6 Å². The van der Waals surface area contributed by atoms with Crippen LogP contribution in [0.1, 0.15) is 18.7 Å². The van der Waals surface area contributed by atoms with Crippen LogP contribution in [0.5, 0.6) is 0 Å². The van der Waals surface area contributed by atoms with Crippen molar-refractivity contribution in [2.24, 2.45) is 5.73 Å². The van der Waals surface area contributed by atoms with Gasteiger partial charge in [0.2, 0.25) is 11.8 Å². The van der Waals surface area contributed by atoms with Crippen LogP contribution < -0.4 is 11.1 Å². The normalized spacial score (nSPS) is 12.2. The largest absolute Gasteiger partial charge is 0.459 e. The first-order chi connectivity index (χ1) is 12.5. The maximum atomic E-state index is 12.2. The number of carbonyl (C=O) groups is 2. The molecule has 2 heterocycles. The van der Waals surface area contributed by atoms with Gasteiger partial charge in [0.05, 0.1) is 17.5 Å². The van der Waals surface area contributed by atoms with Gasteiger partial charge in [0.15, 0.2) is 8.68 Å². The van der Waals surface area contributed by atoms with Crippen LogP contribution in [0.25, 0.3) is 11.0 Å². The summed E-state index contributed by atoms with van der Waals surface area (Å²) >= 11 is 3.87. The first-order valence-corrected chi connectivity index (χ1v) is 10.5. The number of aromatic nitrogens is 2. The van der Waals surface area contributed by atoms with Gasteiger partial charge in [-0.2, -0.15) is 0 Å². The van der Waals surface area contributed by atoms with Crippen molar-refractivity contribution in [3.63, 3.8) is 0 Å². The van der Waals surface area contributed by atoms with Gasteiger partial charge >= 0.3 is 0 Å². The number of hydrogen-bond acceptors (Lipinski definition) is 8. The summed E-state index contributed by atoms with van der Waals surface area (Å²) in [4.78, 5) is 22.9. The quantitative estimate of drug-likeness (QED) is 0.551. The number of nitrogens with two attached hydrogens (primary N) is 1. The Labute approximate surface area is 162 Å². The molecule has 3 N–H and O–H groups in total. The summed E-state index contributed by atoms with van der Waals surface area (Å²) in [6, 6.07) is 9.42. The van der Waals surface area contributed by atoms with Crippen LogP contribution in [0.3, 0.4) is 0 Å². The van der Waals surface area contributed by atoms with Gasteiger partial charge in [-0.05, 0) is 19.1 Å². The molecule has 0 aliphatic heterocycles. The number of thioether (sulfide) groups is 2. The summed E-state index contributed by atoms with van der Waals surface area (Å²) in [6.07, 6.45) is 0. The number of nitrogens with one attached hydrogen (secondary N) is 1. The van der Waals surface area contributed by atoms with Crippen molar-refractivity contribution in [3.05, 3.63) is 36.1 Å². The van der Waals surface area contributed by atoms with E-state index in [0.717, 1.165) is 11.0 Å². The monoisotopic (exact) mass is 408 g/mol. The van der Waals surface area contributed by atoms with Crippen LogP contribution in [0, 0.1) is 0 Å². The van der Waals surface area contributed by atoms with Gasteiger partial charge in [-0.25, -0.2) is 0 Å². The van der Waals surface area contributed by atoms with Crippen molar-refractivity contribution >= 4 is 57.6 Å². The molecule has 2 amide bonds. The third kappa shape index (κ3) is 4.99. The van der Waals surface area contributed by atoms with E-state index < -0.39 is 5.91 Å². The van der Waals surface area contributed by atoms with Crippen molar-refractivity contribution in [1.82, 2.24) is 15.5 Å². The maximum Gasteiger partial charge on any atom is 0.231 e. The van der Waals surface area contributed by atoms with Gasteiger partial charge in [-0.3, -0.25) is 9.59 Å². The van der Waals surface area contributed by atoms with Crippen LogP contribution >= 0.6 is 34.9 Å². The third-order valence-corrected chi connectivity index (χ3v) is 6.51. The number of amides is 2. The van der Waals surface area contributed by atoms with Gasteiger partial charge in [0.25, 0.3) is 0 Å². The third-order valence-electron chi connectivity index (χ3n) is 3.30. The second kappa shape index (κ2) is 8.56. The zero-order chi connectivity index (χ0) is 18.5. The number of benzene rings is 1. The lowest BCUT2D eigenvalue weighted by Crippen LogP contribution is -2.27. The van der Waals surface area contributed by atoms with Gasteiger partial charge in [-0.15, -0.1) is 10.2 Å². The highest BCUT2D eigenvalue weighted by atomic mass is 32.2. The minimum atomic E-state index is -0.404. The number of carbonyl (C=O) groups excluding carboxylic acids is 2. The smallest absolute Gasteiger partial charge is 0.231 e. The lowest BCUT2D eigenvalue weighted by Gasteiger charge is -2.10. The molecule has 3 aromatic rings. The van der Waals surface area contributed by atoms with Gasteiger partial charge in [0.1, 0.15) is 11.3 Å². The van der Waals surface area contributed by atoms with Gasteiger partial charge < -0.3 is 15.5 Å². The van der Waals surface area contributed by atoms with Crippen LogP contribution in [0.15, 0.2) is 43.4 Å². The van der Waals surface area contributed by atoms with E-state index in [-0.39, 0.29) is 23.5 Å². The number of fused-ring (bicyclic) bond motifs is 1. The molecule has 136 valence electrons. The fourth-order valence-corrected chi connectivity index (χ4v) is 4.71. The summed E-state index contributed by atoms with van der Waals surface area (Å²) < 4.78 is 7.09. The minimum Gasteiger partial charge on any atom is -0.459 e. The predicted molar refractivity (Wildman–Crippen MR) is 103 cm³/mol. The topological polar surface area (TPSA) is 111 Å². The Hall–Kier alpha value is -2.04. The standard InChI is InChI=1S/C16H16N4O3S3/c1-9(12-6-10-4-2-3-5-11(10)23-12)18-14(22)8-25-16-20-19-15(26-16)24-7-13(17)21/h2-6,9H,7-8H2,1H3,(H2,17,21)(H,18,22)/t9-/m0/s1. The van der Waals surface area contributed by atoms with Crippen molar-refractivity contribution in [1.29, 1.82) is 0 Å². The zero-order valence-corrected chi connectivity index (χ0v) is 16.2. The molecule has 1 atom stereocenters. The second-order valence-electron chi connectivity index (χ2n) is 5.35. The molecule has 0 aliphatic rings. The number of furan rings is 1. The summed E-state index contributed by atoms with van der Waals surface area (Å²) in [6.45, 7) is 1.88. The van der Waals surface area contributed by atoms with E-state index in [1.807, 2.05) is 37.3 Å². The Morgan fingerprint density at radius 3 is 2.62 bits per heavy atom. The molecular formula is C16H16N4O3S3. The van der Waals surface area contributed by atoms with Crippen LogP contribution in [-0.4, -0.2) is 33.5 Å². The number of para-hydroxylation sites is 1. The highest BCUT2D eigenvalue weighted by Crippen LogP contribution is 2.29. The molecular weight excluding hydrogens is 392 g/mol. The van der Waals surface area contributed by atoms with E-state index in [1.165, 1.54) is 34.9 Å². The molecule has 3 rings (SSSR count). The molecule has 0 spiro atoms. The van der Waals surface area contributed by atoms with Gasteiger partial charge in [-0.1, -0.05) is 53.1 Å². The van der Waals surface area contributed by atoms with Crippen molar-refractivity contribution in [2.75, 3.05) is 11.5 Å². The van der Waals surface area contributed by atoms with E-state index >= 15 is 0 Å². The number of hydrogen-bond donors (Lipinski definition) is 2. The van der Waals surface area contributed by atoms with Crippen molar-refractivity contribution in [3.8, 4) is 0 Å². The molecule has 26 heavy (non-hydrogen) atoms.